The van der Waals surface area contributed by atoms with Gasteiger partial charge in [0, 0.05) is 16.1 Å². The molecule has 0 aromatic heterocycles. The molecular formula is C26H29Cl2N3O3S. The summed E-state index contributed by atoms with van der Waals surface area (Å²) in [6, 6.07) is 9.91. The van der Waals surface area contributed by atoms with E-state index in [4.69, 9.17) is 23.2 Å². The van der Waals surface area contributed by atoms with Crippen molar-refractivity contribution in [1.29, 1.82) is 0 Å². The third-order valence-electron chi connectivity index (χ3n) is 6.60. The average molecular weight is 535 g/mol. The summed E-state index contributed by atoms with van der Waals surface area (Å²) in [5, 5.41) is 6.98. The Morgan fingerprint density at radius 1 is 1.09 bits per heavy atom. The molecule has 1 heterocycles. The maximum absolute atomic E-state index is 14.0. The Hall–Kier alpha value is -2.22. The van der Waals surface area contributed by atoms with Gasteiger partial charge in [-0.25, -0.2) is 0 Å². The minimum absolute atomic E-state index is 0.0534. The second-order valence-electron chi connectivity index (χ2n) is 8.99. The van der Waals surface area contributed by atoms with Crippen LogP contribution in [0.15, 0.2) is 42.5 Å². The van der Waals surface area contributed by atoms with Gasteiger partial charge in [0.05, 0.1) is 11.3 Å². The number of rotatable bonds is 7. The van der Waals surface area contributed by atoms with Crippen molar-refractivity contribution in [3.8, 4) is 0 Å². The largest absolute Gasteiger partial charge is 0.351 e. The van der Waals surface area contributed by atoms with Gasteiger partial charge in [0.2, 0.25) is 11.8 Å². The average Bonchev–Trinajstić information content (AvgIpc) is 2.93. The van der Waals surface area contributed by atoms with Crippen molar-refractivity contribution in [2.75, 3.05) is 17.3 Å². The van der Waals surface area contributed by atoms with Gasteiger partial charge in [-0.3, -0.25) is 14.4 Å². The van der Waals surface area contributed by atoms with Crippen molar-refractivity contribution in [2.45, 2.75) is 56.7 Å². The highest BCUT2D eigenvalue weighted by Crippen LogP contribution is 2.34. The predicted molar refractivity (Wildman–Crippen MR) is 142 cm³/mol. The van der Waals surface area contributed by atoms with Crippen molar-refractivity contribution in [3.05, 3.63) is 63.6 Å². The zero-order chi connectivity index (χ0) is 24.9. The third-order valence-corrected chi connectivity index (χ3v) is 7.73. The lowest BCUT2D eigenvalue weighted by Crippen LogP contribution is -2.53. The van der Waals surface area contributed by atoms with Gasteiger partial charge in [0.15, 0.2) is 0 Å². The number of thioether (sulfide) groups is 1. The van der Waals surface area contributed by atoms with Crippen LogP contribution < -0.4 is 10.6 Å². The molecule has 9 heteroatoms. The van der Waals surface area contributed by atoms with E-state index in [9.17, 15) is 14.4 Å². The second kappa shape index (κ2) is 11.7. The summed E-state index contributed by atoms with van der Waals surface area (Å²) in [5.41, 5.74) is 1.26. The van der Waals surface area contributed by atoms with E-state index in [1.165, 1.54) is 4.90 Å². The Kier molecular flexibility index (Phi) is 8.63. The van der Waals surface area contributed by atoms with Gasteiger partial charge in [0.25, 0.3) is 5.91 Å². The van der Waals surface area contributed by atoms with Crippen LogP contribution >= 0.6 is 35.0 Å². The van der Waals surface area contributed by atoms with Crippen LogP contribution in [0.25, 0.3) is 0 Å². The van der Waals surface area contributed by atoms with E-state index in [1.807, 2.05) is 6.26 Å². The molecular weight excluding hydrogens is 505 g/mol. The molecule has 0 spiro atoms. The first-order valence-electron chi connectivity index (χ1n) is 11.9. The number of halogens is 2. The smallest absolute Gasteiger partial charge is 0.257 e. The number of hydrogen-bond donors (Lipinski definition) is 2. The first-order chi connectivity index (χ1) is 16.9. The lowest BCUT2D eigenvalue weighted by Gasteiger charge is -2.36. The van der Waals surface area contributed by atoms with Gasteiger partial charge in [0.1, 0.15) is 12.1 Å². The van der Waals surface area contributed by atoms with Crippen molar-refractivity contribution in [1.82, 2.24) is 10.2 Å². The maximum atomic E-state index is 14.0. The van der Waals surface area contributed by atoms with E-state index in [-0.39, 0.29) is 23.8 Å². The van der Waals surface area contributed by atoms with E-state index in [0.29, 0.717) is 39.0 Å². The SMILES string of the molecule is CSCCC1C(=O)Nc2cc(Cl)ccc2C(=O)N1C(C(=O)NC1CCCCC1)c1ccc(Cl)cc1. The molecule has 35 heavy (non-hydrogen) atoms. The number of carbonyl (C=O) groups is 3. The second-order valence-corrected chi connectivity index (χ2v) is 10.8. The van der Waals surface area contributed by atoms with Gasteiger partial charge in [-0.15, -0.1) is 0 Å². The minimum atomic E-state index is -0.985. The molecule has 1 fully saturated rings. The maximum Gasteiger partial charge on any atom is 0.257 e. The molecule has 186 valence electrons. The van der Waals surface area contributed by atoms with Gasteiger partial charge in [-0.2, -0.15) is 11.8 Å². The zero-order valence-electron chi connectivity index (χ0n) is 19.6. The Labute approximate surface area is 220 Å². The quantitative estimate of drug-likeness (QED) is 0.478. The number of nitrogens with one attached hydrogen (secondary N) is 2. The van der Waals surface area contributed by atoms with Crippen LogP contribution in [0.3, 0.4) is 0 Å². The summed E-state index contributed by atoms with van der Waals surface area (Å²) in [6.45, 7) is 0. The molecule has 2 aromatic carbocycles. The number of benzene rings is 2. The number of nitrogens with zero attached hydrogens (tertiary/aromatic N) is 1. The Balaban J connectivity index is 1.80. The van der Waals surface area contributed by atoms with Gasteiger partial charge in [-0.05, 0) is 67.2 Å². The summed E-state index contributed by atoms with van der Waals surface area (Å²) in [7, 11) is 0. The van der Waals surface area contributed by atoms with Gasteiger partial charge in [-0.1, -0.05) is 54.6 Å². The molecule has 0 saturated heterocycles. The molecule has 0 bridgehead atoms. The Morgan fingerprint density at radius 2 is 1.77 bits per heavy atom. The monoisotopic (exact) mass is 533 g/mol. The molecule has 2 atom stereocenters. The van der Waals surface area contributed by atoms with Crippen molar-refractivity contribution >= 4 is 58.4 Å². The van der Waals surface area contributed by atoms with Crippen molar-refractivity contribution in [3.63, 3.8) is 0 Å². The zero-order valence-corrected chi connectivity index (χ0v) is 21.9. The van der Waals surface area contributed by atoms with Crippen molar-refractivity contribution in [2.24, 2.45) is 0 Å². The van der Waals surface area contributed by atoms with Crippen LogP contribution in [-0.2, 0) is 9.59 Å². The highest BCUT2D eigenvalue weighted by molar-refractivity contribution is 7.98. The van der Waals surface area contributed by atoms with Crippen LogP contribution in [0.5, 0.6) is 0 Å². The molecule has 1 aliphatic carbocycles. The summed E-state index contributed by atoms with van der Waals surface area (Å²) < 4.78 is 0. The lowest BCUT2D eigenvalue weighted by molar-refractivity contribution is -0.129. The standard InChI is InChI=1S/C26H29Cl2N3O3S/c1-35-14-13-22-24(32)30-21-15-18(28)11-12-20(21)26(34)31(22)23(16-7-9-17(27)10-8-16)25(33)29-19-5-3-2-4-6-19/h7-12,15,19,22-23H,2-6,13-14H2,1H3,(H,29,33)(H,30,32). The summed E-state index contributed by atoms with van der Waals surface area (Å²) in [5.74, 6) is -0.360. The molecule has 2 N–H and O–H groups in total. The first kappa shape index (κ1) is 25.9. The molecule has 2 unspecified atom stereocenters. The normalized spacial score (nSPS) is 19.5. The number of amides is 3. The lowest BCUT2D eigenvalue weighted by atomic mass is 9.94. The van der Waals surface area contributed by atoms with E-state index in [2.05, 4.69) is 10.6 Å². The van der Waals surface area contributed by atoms with Crippen LogP contribution in [0, 0.1) is 0 Å². The molecule has 0 radical (unpaired) electrons. The number of anilines is 1. The van der Waals surface area contributed by atoms with E-state index >= 15 is 0 Å². The van der Waals surface area contributed by atoms with Crippen LogP contribution in [-0.4, -0.2) is 46.7 Å². The fraction of sp³-hybridized carbons (Fsp3) is 0.423. The molecule has 1 aliphatic heterocycles. The molecule has 6 nitrogen and oxygen atoms in total. The summed E-state index contributed by atoms with van der Waals surface area (Å²) in [6.07, 6.45) is 7.45. The van der Waals surface area contributed by atoms with Crippen molar-refractivity contribution < 1.29 is 14.4 Å². The first-order valence-corrected chi connectivity index (χ1v) is 14.0. The molecule has 2 aliphatic rings. The Morgan fingerprint density at radius 3 is 2.46 bits per heavy atom. The van der Waals surface area contributed by atoms with Crippen LogP contribution in [0.4, 0.5) is 5.69 Å². The number of carbonyl (C=O) groups excluding carboxylic acids is 3. The molecule has 1 saturated carbocycles. The van der Waals surface area contributed by atoms with Gasteiger partial charge < -0.3 is 15.5 Å². The van der Waals surface area contributed by atoms with Crippen LogP contribution in [0.2, 0.25) is 10.0 Å². The van der Waals surface area contributed by atoms with E-state index < -0.39 is 12.1 Å². The Bertz CT molecular complexity index is 1090. The van der Waals surface area contributed by atoms with Gasteiger partial charge >= 0.3 is 0 Å². The highest BCUT2D eigenvalue weighted by Gasteiger charge is 2.43. The summed E-state index contributed by atoms with van der Waals surface area (Å²) >= 11 is 13.9. The number of fused-ring (bicyclic) bond motifs is 1. The highest BCUT2D eigenvalue weighted by atomic mass is 35.5. The van der Waals surface area contributed by atoms with E-state index in [1.54, 1.807) is 54.2 Å². The fourth-order valence-electron chi connectivity index (χ4n) is 4.84. The van der Waals surface area contributed by atoms with Crippen LogP contribution in [0.1, 0.15) is 60.5 Å². The molecule has 3 amide bonds. The molecule has 2 aromatic rings. The predicted octanol–water partition coefficient (Wildman–Crippen LogP) is 5.70. The number of hydrogen-bond acceptors (Lipinski definition) is 4. The fourth-order valence-corrected chi connectivity index (χ4v) is 5.59. The minimum Gasteiger partial charge on any atom is -0.351 e. The summed E-state index contributed by atoms with van der Waals surface area (Å²) in [4.78, 5) is 42.8. The van der Waals surface area contributed by atoms with E-state index in [0.717, 1.165) is 32.1 Å². The molecule has 4 rings (SSSR count). The topological polar surface area (TPSA) is 78.5 Å². The third kappa shape index (κ3) is 5.96.